The molecule has 0 radical (unpaired) electrons. The first-order chi connectivity index (χ1) is 10.1. The molecule has 0 saturated carbocycles. The van der Waals surface area contributed by atoms with Crippen LogP contribution in [0.1, 0.15) is 24.0 Å². The summed E-state index contributed by atoms with van der Waals surface area (Å²) in [5.74, 6) is -1.15. The molecule has 4 heteroatoms. The van der Waals surface area contributed by atoms with Gasteiger partial charge in [0.1, 0.15) is 6.04 Å². The maximum absolute atomic E-state index is 11.8. The Morgan fingerprint density at radius 1 is 0.905 bits per heavy atom. The van der Waals surface area contributed by atoms with E-state index in [0.29, 0.717) is 0 Å². The van der Waals surface area contributed by atoms with Gasteiger partial charge in [-0.3, -0.25) is 9.59 Å². The van der Waals surface area contributed by atoms with Gasteiger partial charge in [-0.05, 0) is 11.1 Å². The van der Waals surface area contributed by atoms with Gasteiger partial charge >= 0.3 is 0 Å². The lowest BCUT2D eigenvalue weighted by atomic mass is 9.84. The molecule has 2 rings (SSSR count). The molecule has 0 bridgehead atoms. The summed E-state index contributed by atoms with van der Waals surface area (Å²) < 4.78 is 0. The Hall–Kier alpha value is -2.62. The molecule has 0 saturated heterocycles. The lowest BCUT2D eigenvalue weighted by Gasteiger charge is -2.26. The van der Waals surface area contributed by atoms with Crippen molar-refractivity contribution in [2.24, 2.45) is 5.73 Å². The summed E-state index contributed by atoms with van der Waals surface area (Å²) in [4.78, 5) is 23.2. The topological polar surface area (TPSA) is 72.2 Å². The number of carbonyl (C=O) groups excluding carboxylic acids is 2. The Labute approximate surface area is 124 Å². The standard InChI is InChI=1S/C17H18N2O2/c1-12(20)19-16(17(18)21)15(13-8-4-2-5-9-13)14-10-6-3-7-11-14/h2-11,15-16H,1H3,(H2,18,21)(H,19,20)/t16-/m0/s1. The van der Waals surface area contributed by atoms with Crippen molar-refractivity contribution in [1.29, 1.82) is 0 Å². The lowest BCUT2D eigenvalue weighted by molar-refractivity contribution is -0.126. The number of nitrogens with one attached hydrogen (secondary N) is 1. The van der Waals surface area contributed by atoms with Gasteiger partial charge in [-0.25, -0.2) is 0 Å². The van der Waals surface area contributed by atoms with Crippen LogP contribution in [-0.2, 0) is 9.59 Å². The summed E-state index contributed by atoms with van der Waals surface area (Å²) in [6.07, 6.45) is 0. The van der Waals surface area contributed by atoms with Crippen molar-refractivity contribution in [1.82, 2.24) is 5.32 Å². The minimum atomic E-state index is -0.785. The third-order valence-corrected chi connectivity index (χ3v) is 3.32. The second kappa shape index (κ2) is 6.70. The van der Waals surface area contributed by atoms with Crippen molar-refractivity contribution in [3.63, 3.8) is 0 Å². The van der Waals surface area contributed by atoms with E-state index in [1.54, 1.807) is 0 Å². The molecule has 0 aliphatic carbocycles. The molecule has 3 N–H and O–H groups in total. The van der Waals surface area contributed by atoms with Crippen molar-refractivity contribution in [3.05, 3.63) is 71.8 Å². The van der Waals surface area contributed by atoms with Gasteiger partial charge in [0.05, 0.1) is 0 Å². The quantitative estimate of drug-likeness (QED) is 0.878. The summed E-state index contributed by atoms with van der Waals surface area (Å²) in [5, 5.41) is 2.66. The first-order valence-corrected chi connectivity index (χ1v) is 6.76. The number of rotatable bonds is 5. The number of nitrogens with two attached hydrogens (primary N) is 1. The van der Waals surface area contributed by atoms with E-state index in [0.717, 1.165) is 11.1 Å². The van der Waals surface area contributed by atoms with Gasteiger partial charge in [0.25, 0.3) is 0 Å². The zero-order valence-electron chi connectivity index (χ0n) is 11.8. The van der Waals surface area contributed by atoms with Crippen LogP contribution in [0.3, 0.4) is 0 Å². The molecular weight excluding hydrogens is 264 g/mol. The van der Waals surface area contributed by atoms with Crippen molar-refractivity contribution in [2.45, 2.75) is 18.9 Å². The number of hydrogen-bond donors (Lipinski definition) is 2. The Balaban J connectivity index is 2.49. The highest BCUT2D eigenvalue weighted by Gasteiger charge is 2.29. The van der Waals surface area contributed by atoms with Crippen molar-refractivity contribution in [2.75, 3.05) is 0 Å². The van der Waals surface area contributed by atoms with Crippen LogP contribution in [0.25, 0.3) is 0 Å². The molecule has 0 heterocycles. The first-order valence-electron chi connectivity index (χ1n) is 6.76. The van der Waals surface area contributed by atoms with Crippen LogP contribution in [0.2, 0.25) is 0 Å². The SMILES string of the molecule is CC(=O)N[C@H](C(N)=O)C(c1ccccc1)c1ccccc1. The van der Waals surface area contributed by atoms with Crippen LogP contribution in [0.4, 0.5) is 0 Å². The summed E-state index contributed by atoms with van der Waals surface area (Å²) in [7, 11) is 0. The second-order valence-corrected chi connectivity index (χ2v) is 4.88. The summed E-state index contributed by atoms with van der Waals surface area (Å²) in [6, 6.07) is 18.3. The number of primary amides is 1. The van der Waals surface area contributed by atoms with Crippen LogP contribution in [0.5, 0.6) is 0 Å². The fourth-order valence-corrected chi connectivity index (χ4v) is 2.44. The summed E-state index contributed by atoms with van der Waals surface area (Å²) >= 11 is 0. The van der Waals surface area contributed by atoms with Crippen LogP contribution >= 0.6 is 0 Å². The zero-order chi connectivity index (χ0) is 15.2. The maximum atomic E-state index is 11.8. The third-order valence-electron chi connectivity index (χ3n) is 3.32. The van der Waals surface area contributed by atoms with E-state index in [1.807, 2.05) is 60.7 Å². The minimum absolute atomic E-state index is 0.282. The zero-order valence-corrected chi connectivity index (χ0v) is 11.8. The Bertz CT molecular complexity index is 572. The molecule has 2 aromatic carbocycles. The highest BCUT2D eigenvalue weighted by atomic mass is 16.2. The number of hydrogen-bond acceptors (Lipinski definition) is 2. The van der Waals surface area contributed by atoms with Crippen molar-refractivity contribution in [3.8, 4) is 0 Å². The summed E-state index contributed by atoms with van der Waals surface area (Å²) in [5.41, 5.74) is 7.37. The Kier molecular flexibility index (Phi) is 4.72. The van der Waals surface area contributed by atoms with Crippen LogP contribution in [-0.4, -0.2) is 17.9 Å². The van der Waals surface area contributed by atoms with Crippen LogP contribution in [0, 0.1) is 0 Å². The van der Waals surface area contributed by atoms with Crippen molar-refractivity contribution < 1.29 is 9.59 Å². The predicted molar refractivity (Wildman–Crippen MR) is 81.5 cm³/mol. The molecule has 0 fully saturated rings. The molecule has 2 amide bonds. The molecule has 0 spiro atoms. The molecule has 0 aliphatic rings. The smallest absolute Gasteiger partial charge is 0.240 e. The van der Waals surface area contributed by atoms with Gasteiger partial charge in [-0.2, -0.15) is 0 Å². The number of carbonyl (C=O) groups is 2. The molecule has 0 aromatic heterocycles. The second-order valence-electron chi connectivity index (χ2n) is 4.88. The first kappa shape index (κ1) is 14.8. The van der Waals surface area contributed by atoms with Gasteiger partial charge in [0.2, 0.25) is 11.8 Å². The molecular formula is C17H18N2O2. The van der Waals surface area contributed by atoms with Crippen LogP contribution < -0.4 is 11.1 Å². The molecule has 4 nitrogen and oxygen atoms in total. The van der Waals surface area contributed by atoms with Gasteiger partial charge in [-0.15, -0.1) is 0 Å². The molecule has 2 aromatic rings. The van der Waals surface area contributed by atoms with Gasteiger partial charge < -0.3 is 11.1 Å². The number of benzene rings is 2. The highest BCUT2D eigenvalue weighted by Crippen LogP contribution is 2.28. The lowest BCUT2D eigenvalue weighted by Crippen LogP contribution is -2.47. The van der Waals surface area contributed by atoms with Gasteiger partial charge in [-0.1, -0.05) is 60.7 Å². The molecule has 21 heavy (non-hydrogen) atoms. The Morgan fingerprint density at radius 2 is 1.33 bits per heavy atom. The average molecular weight is 282 g/mol. The van der Waals surface area contributed by atoms with Gasteiger partial charge in [0, 0.05) is 12.8 Å². The van der Waals surface area contributed by atoms with E-state index in [9.17, 15) is 9.59 Å². The van der Waals surface area contributed by atoms with E-state index in [4.69, 9.17) is 5.73 Å². The monoisotopic (exact) mass is 282 g/mol. The van der Waals surface area contributed by atoms with E-state index >= 15 is 0 Å². The molecule has 0 unspecified atom stereocenters. The highest BCUT2D eigenvalue weighted by molar-refractivity contribution is 5.87. The largest absolute Gasteiger partial charge is 0.368 e. The van der Waals surface area contributed by atoms with E-state index in [-0.39, 0.29) is 11.8 Å². The molecule has 108 valence electrons. The normalized spacial score (nSPS) is 11.9. The minimum Gasteiger partial charge on any atom is -0.368 e. The fraction of sp³-hybridized carbons (Fsp3) is 0.176. The van der Waals surface area contributed by atoms with E-state index in [1.165, 1.54) is 6.92 Å². The molecule has 1 atom stereocenters. The van der Waals surface area contributed by atoms with Crippen molar-refractivity contribution >= 4 is 11.8 Å². The predicted octanol–water partition coefficient (Wildman–Crippen LogP) is 1.81. The Morgan fingerprint density at radius 3 is 1.67 bits per heavy atom. The third kappa shape index (κ3) is 3.69. The number of amides is 2. The summed E-state index contributed by atoms with van der Waals surface area (Å²) in [6.45, 7) is 1.38. The average Bonchev–Trinajstić information content (AvgIpc) is 2.48. The fourth-order valence-electron chi connectivity index (χ4n) is 2.44. The van der Waals surface area contributed by atoms with Crippen LogP contribution in [0.15, 0.2) is 60.7 Å². The van der Waals surface area contributed by atoms with Gasteiger partial charge in [0.15, 0.2) is 0 Å². The molecule has 0 aliphatic heterocycles. The van der Waals surface area contributed by atoms with E-state index < -0.39 is 11.9 Å². The maximum Gasteiger partial charge on any atom is 0.240 e. The van der Waals surface area contributed by atoms with E-state index in [2.05, 4.69) is 5.32 Å².